The summed E-state index contributed by atoms with van der Waals surface area (Å²) >= 11 is 0. The number of carbonyl (C=O) groups is 1. The Morgan fingerprint density at radius 1 is 1.09 bits per heavy atom. The maximum absolute atomic E-state index is 12.8. The number of benzene rings is 2. The number of rotatable bonds is 7. The summed E-state index contributed by atoms with van der Waals surface area (Å²) in [5.41, 5.74) is 5.36. The standard InChI is InChI=1S/C25H29N3O4/c1-16-13-20(8-9-22(16)28-11-5-6-12-28)26-25(29)19-7-10-23(24(14-19)30-4)31-15-21-17(2)27-32-18(21)3/h7-10,13-14H,5-6,11-12,15H2,1-4H3,(H,26,29). The van der Waals surface area contributed by atoms with Crippen LogP contribution in [0.5, 0.6) is 11.5 Å². The van der Waals surface area contributed by atoms with E-state index < -0.39 is 0 Å². The fourth-order valence-electron chi connectivity index (χ4n) is 4.04. The van der Waals surface area contributed by atoms with Gasteiger partial charge < -0.3 is 24.2 Å². The third-order valence-electron chi connectivity index (χ3n) is 5.88. The topological polar surface area (TPSA) is 76.8 Å². The van der Waals surface area contributed by atoms with Crippen molar-refractivity contribution in [2.24, 2.45) is 0 Å². The third-order valence-corrected chi connectivity index (χ3v) is 5.88. The molecule has 1 saturated heterocycles. The van der Waals surface area contributed by atoms with Crippen LogP contribution in [0, 0.1) is 20.8 Å². The monoisotopic (exact) mass is 435 g/mol. The van der Waals surface area contributed by atoms with Gasteiger partial charge in [0.05, 0.1) is 18.4 Å². The lowest BCUT2D eigenvalue weighted by Crippen LogP contribution is -2.19. The number of nitrogens with zero attached hydrogens (tertiary/aromatic N) is 2. The van der Waals surface area contributed by atoms with E-state index in [1.807, 2.05) is 26.0 Å². The molecule has 0 unspecified atom stereocenters. The second-order valence-electron chi connectivity index (χ2n) is 8.11. The Balaban J connectivity index is 1.45. The fraction of sp³-hybridized carbons (Fsp3) is 0.360. The number of ether oxygens (including phenoxy) is 2. The number of hydrogen-bond donors (Lipinski definition) is 1. The van der Waals surface area contributed by atoms with Gasteiger partial charge in [0.25, 0.3) is 5.91 Å². The largest absolute Gasteiger partial charge is 0.493 e. The van der Waals surface area contributed by atoms with E-state index in [1.54, 1.807) is 25.3 Å². The van der Waals surface area contributed by atoms with Crippen molar-refractivity contribution in [3.05, 3.63) is 64.5 Å². The number of carbonyl (C=O) groups excluding carboxylic acids is 1. The van der Waals surface area contributed by atoms with Crippen LogP contribution >= 0.6 is 0 Å². The zero-order chi connectivity index (χ0) is 22.7. The van der Waals surface area contributed by atoms with E-state index >= 15 is 0 Å². The first-order valence-electron chi connectivity index (χ1n) is 10.9. The van der Waals surface area contributed by atoms with E-state index in [4.69, 9.17) is 14.0 Å². The first-order valence-corrected chi connectivity index (χ1v) is 10.9. The molecule has 0 bridgehead atoms. The van der Waals surface area contributed by atoms with Crippen LogP contribution in [0.25, 0.3) is 0 Å². The molecule has 1 aromatic heterocycles. The Morgan fingerprint density at radius 3 is 2.53 bits per heavy atom. The molecule has 2 heterocycles. The second-order valence-corrected chi connectivity index (χ2v) is 8.11. The molecule has 0 spiro atoms. The van der Waals surface area contributed by atoms with Crippen LogP contribution in [0.15, 0.2) is 40.9 Å². The van der Waals surface area contributed by atoms with Crippen molar-refractivity contribution in [3.63, 3.8) is 0 Å². The van der Waals surface area contributed by atoms with Gasteiger partial charge in [-0.25, -0.2) is 0 Å². The van der Waals surface area contributed by atoms with E-state index in [0.717, 1.165) is 41.4 Å². The van der Waals surface area contributed by atoms with E-state index in [1.165, 1.54) is 18.5 Å². The molecule has 32 heavy (non-hydrogen) atoms. The minimum Gasteiger partial charge on any atom is -0.493 e. The Labute approximate surface area is 188 Å². The molecule has 1 aliphatic heterocycles. The molecule has 2 aromatic carbocycles. The van der Waals surface area contributed by atoms with Crippen LogP contribution in [0.1, 0.15) is 45.8 Å². The van der Waals surface area contributed by atoms with Gasteiger partial charge >= 0.3 is 0 Å². The molecule has 168 valence electrons. The highest BCUT2D eigenvalue weighted by molar-refractivity contribution is 6.04. The zero-order valence-corrected chi connectivity index (χ0v) is 19.0. The molecule has 0 aliphatic carbocycles. The summed E-state index contributed by atoms with van der Waals surface area (Å²) in [5.74, 6) is 1.57. The molecule has 4 rings (SSSR count). The maximum atomic E-state index is 12.8. The number of methoxy groups -OCH3 is 1. The molecule has 0 radical (unpaired) electrons. The first-order chi connectivity index (χ1) is 15.5. The Kier molecular flexibility index (Phi) is 6.35. The minimum atomic E-state index is -0.200. The Bertz CT molecular complexity index is 1100. The van der Waals surface area contributed by atoms with Crippen molar-refractivity contribution in [3.8, 4) is 11.5 Å². The molecule has 1 aliphatic rings. The van der Waals surface area contributed by atoms with Crippen molar-refractivity contribution in [2.75, 3.05) is 30.4 Å². The lowest BCUT2D eigenvalue weighted by Gasteiger charge is -2.20. The number of aromatic nitrogens is 1. The molecule has 3 aromatic rings. The molecule has 0 atom stereocenters. The van der Waals surface area contributed by atoms with Gasteiger partial charge in [-0.2, -0.15) is 0 Å². The predicted molar refractivity (Wildman–Crippen MR) is 124 cm³/mol. The number of hydrogen-bond acceptors (Lipinski definition) is 6. The molecule has 7 nitrogen and oxygen atoms in total. The molecular weight excluding hydrogens is 406 g/mol. The second kappa shape index (κ2) is 9.34. The molecule has 1 N–H and O–H groups in total. The number of amides is 1. The maximum Gasteiger partial charge on any atom is 0.255 e. The highest BCUT2D eigenvalue weighted by Crippen LogP contribution is 2.31. The summed E-state index contributed by atoms with van der Waals surface area (Å²) in [5, 5.41) is 6.92. The smallest absolute Gasteiger partial charge is 0.255 e. The number of anilines is 2. The van der Waals surface area contributed by atoms with Crippen LogP contribution in [-0.4, -0.2) is 31.3 Å². The average Bonchev–Trinajstić information content (AvgIpc) is 3.42. The summed E-state index contributed by atoms with van der Waals surface area (Å²) in [6.45, 7) is 8.30. The van der Waals surface area contributed by atoms with Gasteiger partial charge in [-0.15, -0.1) is 0 Å². The normalized spacial score (nSPS) is 13.3. The van der Waals surface area contributed by atoms with Gasteiger partial charge in [0, 0.05) is 30.0 Å². The molecule has 1 fully saturated rings. The average molecular weight is 436 g/mol. The van der Waals surface area contributed by atoms with Crippen molar-refractivity contribution in [1.82, 2.24) is 5.16 Å². The van der Waals surface area contributed by atoms with E-state index in [0.29, 0.717) is 23.7 Å². The van der Waals surface area contributed by atoms with E-state index in [9.17, 15) is 4.79 Å². The van der Waals surface area contributed by atoms with Gasteiger partial charge in [-0.05, 0) is 75.6 Å². The summed E-state index contributed by atoms with van der Waals surface area (Å²) in [4.78, 5) is 15.2. The van der Waals surface area contributed by atoms with Crippen molar-refractivity contribution >= 4 is 17.3 Å². The molecule has 0 saturated carbocycles. The Hall–Kier alpha value is -3.48. The summed E-state index contributed by atoms with van der Waals surface area (Å²) < 4.78 is 16.5. The predicted octanol–water partition coefficient (Wildman–Crippen LogP) is 5.04. The summed E-state index contributed by atoms with van der Waals surface area (Å²) in [7, 11) is 1.56. The van der Waals surface area contributed by atoms with Crippen molar-refractivity contribution in [1.29, 1.82) is 0 Å². The fourth-order valence-corrected chi connectivity index (χ4v) is 4.04. The van der Waals surface area contributed by atoms with Crippen molar-refractivity contribution in [2.45, 2.75) is 40.2 Å². The van der Waals surface area contributed by atoms with Crippen LogP contribution in [-0.2, 0) is 6.61 Å². The summed E-state index contributed by atoms with van der Waals surface area (Å²) in [6, 6.07) is 11.2. The number of aryl methyl sites for hydroxylation is 3. The van der Waals surface area contributed by atoms with Gasteiger partial charge in [0.2, 0.25) is 0 Å². The van der Waals surface area contributed by atoms with Crippen LogP contribution in [0.3, 0.4) is 0 Å². The SMILES string of the molecule is COc1cc(C(=O)Nc2ccc(N3CCCC3)c(C)c2)ccc1OCc1c(C)noc1C. The minimum absolute atomic E-state index is 0.200. The molecular formula is C25H29N3O4. The lowest BCUT2D eigenvalue weighted by atomic mass is 10.1. The van der Waals surface area contributed by atoms with Crippen LogP contribution in [0.2, 0.25) is 0 Å². The summed E-state index contributed by atoms with van der Waals surface area (Å²) in [6.07, 6.45) is 2.47. The molecule has 1 amide bonds. The first kappa shape index (κ1) is 21.7. The quantitative estimate of drug-likeness (QED) is 0.560. The van der Waals surface area contributed by atoms with Gasteiger partial charge in [0.15, 0.2) is 11.5 Å². The van der Waals surface area contributed by atoms with Gasteiger partial charge in [-0.1, -0.05) is 5.16 Å². The highest BCUT2D eigenvalue weighted by Gasteiger charge is 2.17. The van der Waals surface area contributed by atoms with Crippen LogP contribution in [0.4, 0.5) is 11.4 Å². The highest BCUT2D eigenvalue weighted by atomic mass is 16.5. The molecule has 7 heteroatoms. The van der Waals surface area contributed by atoms with Gasteiger partial charge in [0.1, 0.15) is 12.4 Å². The van der Waals surface area contributed by atoms with E-state index in [2.05, 4.69) is 28.4 Å². The van der Waals surface area contributed by atoms with Crippen LogP contribution < -0.4 is 19.7 Å². The van der Waals surface area contributed by atoms with Crippen molar-refractivity contribution < 1.29 is 18.8 Å². The zero-order valence-electron chi connectivity index (χ0n) is 19.0. The lowest BCUT2D eigenvalue weighted by molar-refractivity contribution is 0.102. The van der Waals surface area contributed by atoms with E-state index in [-0.39, 0.29) is 5.91 Å². The Morgan fingerprint density at radius 2 is 1.88 bits per heavy atom. The van der Waals surface area contributed by atoms with Gasteiger partial charge in [-0.3, -0.25) is 4.79 Å². The number of nitrogens with one attached hydrogen (secondary N) is 1. The third kappa shape index (κ3) is 4.56.